The lowest BCUT2D eigenvalue weighted by Gasteiger charge is -2.17. The molecule has 6 heteroatoms. The summed E-state index contributed by atoms with van der Waals surface area (Å²) in [6.45, 7) is 2.50. The van der Waals surface area contributed by atoms with Gasteiger partial charge in [-0.25, -0.2) is 4.79 Å². The van der Waals surface area contributed by atoms with Gasteiger partial charge in [0.15, 0.2) is 0 Å². The Balaban J connectivity index is 2.21. The van der Waals surface area contributed by atoms with Gasteiger partial charge in [0.05, 0.1) is 0 Å². The first-order valence-corrected chi connectivity index (χ1v) is 6.12. The van der Waals surface area contributed by atoms with Crippen molar-refractivity contribution < 1.29 is 5.11 Å². The average Bonchev–Trinajstić information content (AvgIpc) is 2.81. The topological polar surface area (TPSA) is 67.5 Å². The summed E-state index contributed by atoms with van der Waals surface area (Å²) < 4.78 is 2.61. The zero-order valence-corrected chi connectivity index (χ0v) is 10.8. The fraction of sp³-hybridized carbons (Fsp3) is 0.667. The molecular weight excluding hydrogens is 234 g/mol. The molecule has 18 heavy (non-hydrogen) atoms. The number of likely N-dealkylation sites (tertiary alicyclic amines) is 1. The van der Waals surface area contributed by atoms with Gasteiger partial charge in [-0.05, 0) is 18.9 Å². The summed E-state index contributed by atoms with van der Waals surface area (Å²) in [6, 6.07) is 1.51. The minimum atomic E-state index is -0.296. The van der Waals surface area contributed by atoms with Crippen molar-refractivity contribution in [3.63, 3.8) is 0 Å². The normalized spacial score (nSPS) is 20.5. The molecule has 1 aromatic heterocycles. The molecule has 0 aliphatic carbocycles. The Labute approximate surface area is 105 Å². The highest BCUT2D eigenvalue weighted by molar-refractivity contribution is 5.02. The molecule has 2 rings (SSSR count). The highest BCUT2D eigenvalue weighted by atomic mass is 16.3. The third-order valence-corrected chi connectivity index (χ3v) is 3.64. The molecule has 1 aliphatic rings. The molecule has 0 aromatic carbocycles. The van der Waals surface area contributed by atoms with Crippen molar-refractivity contribution in [3.8, 4) is 0 Å². The molecule has 2 heterocycles. The monoisotopic (exact) mass is 253 g/mol. The molecule has 1 fully saturated rings. The number of rotatable bonds is 3. The summed E-state index contributed by atoms with van der Waals surface area (Å²) in [7, 11) is 3.16. The van der Waals surface area contributed by atoms with E-state index in [-0.39, 0.29) is 17.9 Å². The third-order valence-electron chi connectivity index (χ3n) is 3.64. The van der Waals surface area contributed by atoms with E-state index in [0.29, 0.717) is 12.5 Å². The van der Waals surface area contributed by atoms with Gasteiger partial charge in [0.2, 0.25) is 0 Å². The zero-order valence-electron chi connectivity index (χ0n) is 10.8. The van der Waals surface area contributed by atoms with Crippen molar-refractivity contribution in [3.05, 3.63) is 32.6 Å². The van der Waals surface area contributed by atoms with Crippen LogP contribution in [0.15, 0.2) is 15.7 Å². The molecule has 0 radical (unpaired) electrons. The zero-order chi connectivity index (χ0) is 13.3. The summed E-state index contributed by atoms with van der Waals surface area (Å²) in [5.74, 6) is 0.313. The largest absolute Gasteiger partial charge is 0.396 e. The van der Waals surface area contributed by atoms with Gasteiger partial charge in [-0.3, -0.25) is 18.8 Å². The van der Waals surface area contributed by atoms with Crippen LogP contribution in [-0.4, -0.2) is 38.8 Å². The lowest BCUT2D eigenvalue weighted by atomic mass is 10.1. The standard InChI is InChI=1S/C12H19N3O3/c1-13-10(5-11(17)14(2)12(13)18)7-15-4-3-9(6-15)8-16/h5,9,16H,3-4,6-8H2,1-2H3. The Bertz CT molecular complexity index is 546. The van der Waals surface area contributed by atoms with Crippen LogP contribution in [0.5, 0.6) is 0 Å². The average molecular weight is 253 g/mol. The molecule has 0 spiro atoms. The molecule has 0 amide bonds. The van der Waals surface area contributed by atoms with Crippen molar-refractivity contribution in [1.29, 1.82) is 0 Å². The second kappa shape index (κ2) is 5.07. The van der Waals surface area contributed by atoms with Crippen LogP contribution in [-0.2, 0) is 20.6 Å². The van der Waals surface area contributed by atoms with E-state index in [0.717, 1.165) is 29.8 Å². The number of hydrogen-bond acceptors (Lipinski definition) is 4. The van der Waals surface area contributed by atoms with Crippen molar-refractivity contribution in [1.82, 2.24) is 14.0 Å². The van der Waals surface area contributed by atoms with Gasteiger partial charge in [0.1, 0.15) is 0 Å². The highest BCUT2D eigenvalue weighted by Gasteiger charge is 2.22. The Morgan fingerprint density at radius 1 is 1.33 bits per heavy atom. The molecule has 1 unspecified atom stereocenters. The number of hydrogen-bond donors (Lipinski definition) is 1. The summed E-state index contributed by atoms with van der Waals surface area (Å²) in [5.41, 5.74) is 0.156. The number of aliphatic hydroxyl groups is 1. The number of aromatic nitrogens is 2. The van der Waals surface area contributed by atoms with E-state index in [9.17, 15) is 9.59 Å². The molecule has 1 N–H and O–H groups in total. The van der Waals surface area contributed by atoms with Crippen molar-refractivity contribution in [2.24, 2.45) is 20.0 Å². The smallest absolute Gasteiger partial charge is 0.330 e. The van der Waals surface area contributed by atoms with Crippen molar-refractivity contribution in [2.45, 2.75) is 13.0 Å². The molecular formula is C12H19N3O3. The van der Waals surface area contributed by atoms with Gasteiger partial charge < -0.3 is 5.11 Å². The molecule has 1 aromatic rings. The maximum absolute atomic E-state index is 11.8. The quantitative estimate of drug-likeness (QED) is 0.742. The van der Waals surface area contributed by atoms with Crippen molar-refractivity contribution in [2.75, 3.05) is 19.7 Å². The molecule has 0 saturated carbocycles. The Morgan fingerprint density at radius 3 is 2.67 bits per heavy atom. The van der Waals surface area contributed by atoms with Crippen molar-refractivity contribution >= 4 is 0 Å². The van der Waals surface area contributed by atoms with E-state index >= 15 is 0 Å². The number of nitrogens with zero attached hydrogens (tertiary/aromatic N) is 3. The van der Waals surface area contributed by atoms with E-state index in [2.05, 4.69) is 4.90 Å². The SMILES string of the molecule is Cn1c(CN2CCC(CO)C2)cc(=O)n(C)c1=O. The second-order valence-electron chi connectivity index (χ2n) is 4.95. The fourth-order valence-corrected chi connectivity index (χ4v) is 2.36. The van der Waals surface area contributed by atoms with Gasteiger partial charge >= 0.3 is 5.69 Å². The van der Waals surface area contributed by atoms with Crippen LogP contribution in [0.4, 0.5) is 0 Å². The van der Waals surface area contributed by atoms with Gasteiger partial charge in [-0.1, -0.05) is 0 Å². The summed E-state index contributed by atoms with van der Waals surface area (Å²) >= 11 is 0. The molecule has 1 aliphatic heterocycles. The van der Waals surface area contributed by atoms with E-state index in [1.165, 1.54) is 17.7 Å². The van der Waals surface area contributed by atoms with Gasteiger partial charge in [0.25, 0.3) is 5.56 Å². The van der Waals surface area contributed by atoms with Crippen LogP contribution in [0.3, 0.4) is 0 Å². The number of aliphatic hydroxyl groups excluding tert-OH is 1. The van der Waals surface area contributed by atoms with Crippen LogP contribution >= 0.6 is 0 Å². The van der Waals surface area contributed by atoms with E-state index < -0.39 is 0 Å². The summed E-state index contributed by atoms with van der Waals surface area (Å²) in [5, 5.41) is 9.09. The predicted molar refractivity (Wildman–Crippen MR) is 67.4 cm³/mol. The maximum atomic E-state index is 11.8. The fourth-order valence-electron chi connectivity index (χ4n) is 2.36. The van der Waals surface area contributed by atoms with Crippen LogP contribution in [0.25, 0.3) is 0 Å². The Hall–Kier alpha value is -1.40. The lowest BCUT2D eigenvalue weighted by molar-refractivity contribution is 0.219. The predicted octanol–water partition coefficient (Wildman–Crippen LogP) is -1.10. The first-order chi connectivity index (χ1) is 8.52. The molecule has 1 saturated heterocycles. The Kier molecular flexibility index (Phi) is 3.68. The van der Waals surface area contributed by atoms with Gasteiger partial charge in [-0.2, -0.15) is 0 Å². The van der Waals surface area contributed by atoms with Gasteiger partial charge in [-0.15, -0.1) is 0 Å². The third kappa shape index (κ3) is 2.39. The maximum Gasteiger partial charge on any atom is 0.330 e. The second-order valence-corrected chi connectivity index (χ2v) is 4.95. The van der Waals surface area contributed by atoms with E-state index in [1.807, 2.05) is 0 Å². The molecule has 6 nitrogen and oxygen atoms in total. The van der Waals surface area contributed by atoms with Gasteiger partial charge in [0, 0.05) is 45.6 Å². The van der Waals surface area contributed by atoms with E-state index in [4.69, 9.17) is 5.11 Å². The van der Waals surface area contributed by atoms with Crippen LogP contribution in [0.2, 0.25) is 0 Å². The Morgan fingerprint density at radius 2 is 2.06 bits per heavy atom. The summed E-state index contributed by atoms with van der Waals surface area (Å²) in [6.07, 6.45) is 0.968. The first-order valence-electron chi connectivity index (χ1n) is 6.12. The van der Waals surface area contributed by atoms with Crippen LogP contribution in [0, 0.1) is 5.92 Å². The molecule has 0 bridgehead atoms. The minimum absolute atomic E-state index is 0.200. The van der Waals surface area contributed by atoms with Crippen LogP contribution in [0.1, 0.15) is 12.1 Å². The molecule has 1 atom stereocenters. The highest BCUT2D eigenvalue weighted by Crippen LogP contribution is 2.16. The minimum Gasteiger partial charge on any atom is -0.396 e. The lowest BCUT2D eigenvalue weighted by Crippen LogP contribution is -2.39. The molecule has 100 valence electrons. The van der Waals surface area contributed by atoms with E-state index in [1.54, 1.807) is 7.05 Å². The van der Waals surface area contributed by atoms with Crippen LogP contribution < -0.4 is 11.2 Å². The summed E-state index contributed by atoms with van der Waals surface area (Å²) in [4.78, 5) is 25.5. The first kappa shape index (κ1) is 13.0.